The van der Waals surface area contributed by atoms with Gasteiger partial charge in [0.2, 0.25) is 0 Å². The van der Waals surface area contributed by atoms with Crippen LogP contribution in [0, 0.1) is 0 Å². The summed E-state index contributed by atoms with van der Waals surface area (Å²) in [4.78, 5) is 10.6. The minimum Gasteiger partial charge on any atom is -0.388 e. The van der Waals surface area contributed by atoms with Gasteiger partial charge < -0.3 is 4.18 Å². The quantitative estimate of drug-likeness (QED) is 0.408. The molecule has 1 aliphatic rings. The van der Waals surface area contributed by atoms with E-state index in [2.05, 4.69) is 22.9 Å². The Balaban J connectivity index is 0.000000280. The van der Waals surface area contributed by atoms with Crippen LogP contribution in [0.5, 0.6) is 0 Å². The first-order valence-corrected chi connectivity index (χ1v) is 5.95. The zero-order valence-electron chi connectivity index (χ0n) is 8.91. The third-order valence-corrected chi connectivity index (χ3v) is 2.10. The van der Waals surface area contributed by atoms with Gasteiger partial charge in [0.25, 0.3) is 0 Å². The molecule has 14 heavy (non-hydrogen) atoms. The molecule has 2 nitrogen and oxygen atoms in total. The van der Waals surface area contributed by atoms with E-state index in [1.165, 1.54) is 19.3 Å². The van der Waals surface area contributed by atoms with Crippen molar-refractivity contribution in [1.82, 2.24) is 0 Å². The zero-order valence-corrected chi connectivity index (χ0v) is 9.73. The van der Waals surface area contributed by atoms with Crippen LogP contribution >= 0.6 is 12.0 Å². The first kappa shape index (κ1) is 13.3. The number of carbonyl (C=O) groups is 1. The summed E-state index contributed by atoms with van der Waals surface area (Å²) in [5, 5.41) is 0. The van der Waals surface area contributed by atoms with E-state index in [1.807, 2.05) is 6.92 Å². The summed E-state index contributed by atoms with van der Waals surface area (Å²) in [6.45, 7) is 5.37. The standard InChI is InChI=1S/C6H10O2S.C5H8/c1-4-5(2)6(7)8-9-3;1-2-4-5-3-1/h2,4H2,1,3H3;1-2H,3-5H2. The third kappa shape index (κ3) is 6.78. The number of carbonyl (C=O) groups excluding carboxylic acids is 1. The lowest BCUT2D eigenvalue weighted by atomic mass is 10.2. The molecule has 0 fully saturated rings. The highest BCUT2D eigenvalue weighted by Gasteiger charge is 2.03. The Morgan fingerprint density at radius 1 is 1.50 bits per heavy atom. The fraction of sp³-hybridized carbons (Fsp3) is 0.545. The largest absolute Gasteiger partial charge is 0.388 e. The summed E-state index contributed by atoms with van der Waals surface area (Å²) >= 11 is 1.04. The van der Waals surface area contributed by atoms with Gasteiger partial charge in [0.05, 0.1) is 12.0 Å². The fourth-order valence-corrected chi connectivity index (χ4v) is 1.14. The van der Waals surface area contributed by atoms with Crippen molar-refractivity contribution in [2.24, 2.45) is 0 Å². The molecule has 0 N–H and O–H groups in total. The Bertz CT molecular complexity index is 203. The summed E-state index contributed by atoms with van der Waals surface area (Å²) in [6.07, 6.45) is 10.8. The van der Waals surface area contributed by atoms with Crippen LogP contribution in [0.3, 0.4) is 0 Å². The number of rotatable bonds is 3. The predicted octanol–water partition coefficient (Wildman–Crippen LogP) is 3.50. The number of allylic oxidation sites excluding steroid dienone is 2. The Morgan fingerprint density at radius 2 is 2.07 bits per heavy atom. The molecule has 0 saturated heterocycles. The topological polar surface area (TPSA) is 26.3 Å². The van der Waals surface area contributed by atoms with E-state index in [4.69, 9.17) is 0 Å². The molecule has 0 radical (unpaired) electrons. The van der Waals surface area contributed by atoms with Crippen molar-refractivity contribution in [1.29, 1.82) is 0 Å². The second kappa shape index (κ2) is 8.88. The minimum absolute atomic E-state index is 0.315. The van der Waals surface area contributed by atoms with Gasteiger partial charge in [-0.25, -0.2) is 4.79 Å². The van der Waals surface area contributed by atoms with Gasteiger partial charge >= 0.3 is 5.97 Å². The van der Waals surface area contributed by atoms with E-state index >= 15 is 0 Å². The summed E-state index contributed by atoms with van der Waals surface area (Å²) in [6, 6.07) is 0. The molecular formula is C11H18O2S. The molecule has 0 aromatic heterocycles. The number of hydrogen-bond acceptors (Lipinski definition) is 3. The lowest BCUT2D eigenvalue weighted by molar-refractivity contribution is -0.128. The predicted molar refractivity (Wildman–Crippen MR) is 62.0 cm³/mol. The Hall–Kier alpha value is -0.700. The van der Waals surface area contributed by atoms with Crippen LogP contribution in [0.1, 0.15) is 32.6 Å². The second-order valence-corrected chi connectivity index (χ2v) is 3.40. The average molecular weight is 214 g/mol. The van der Waals surface area contributed by atoms with E-state index in [-0.39, 0.29) is 5.97 Å². The highest BCUT2D eigenvalue weighted by molar-refractivity contribution is 7.94. The van der Waals surface area contributed by atoms with Crippen LogP contribution in [0.15, 0.2) is 24.3 Å². The van der Waals surface area contributed by atoms with E-state index in [9.17, 15) is 4.79 Å². The fourth-order valence-electron chi connectivity index (χ4n) is 0.868. The van der Waals surface area contributed by atoms with Gasteiger partial charge in [-0.1, -0.05) is 25.7 Å². The van der Waals surface area contributed by atoms with Crippen LogP contribution in [0.2, 0.25) is 0 Å². The van der Waals surface area contributed by atoms with E-state index in [1.54, 1.807) is 6.26 Å². The molecule has 0 heterocycles. The maximum Gasteiger partial charge on any atom is 0.345 e. The highest BCUT2D eigenvalue weighted by Crippen LogP contribution is 2.05. The van der Waals surface area contributed by atoms with Crippen LogP contribution in [-0.4, -0.2) is 12.2 Å². The van der Waals surface area contributed by atoms with Crippen molar-refractivity contribution in [3.8, 4) is 0 Å². The molecule has 1 rings (SSSR count). The molecule has 3 heteroatoms. The molecule has 0 spiro atoms. The first-order chi connectivity index (χ1) is 6.72. The summed E-state index contributed by atoms with van der Waals surface area (Å²) in [5.74, 6) is -0.315. The second-order valence-electron chi connectivity index (χ2n) is 2.90. The maximum atomic E-state index is 10.6. The monoisotopic (exact) mass is 214 g/mol. The van der Waals surface area contributed by atoms with Crippen LogP contribution in [-0.2, 0) is 8.98 Å². The van der Waals surface area contributed by atoms with Crippen molar-refractivity contribution in [3.63, 3.8) is 0 Å². The molecule has 0 atom stereocenters. The third-order valence-electron chi connectivity index (χ3n) is 1.78. The molecule has 0 bridgehead atoms. The molecule has 0 saturated carbocycles. The van der Waals surface area contributed by atoms with Crippen molar-refractivity contribution >= 4 is 18.0 Å². The SMILES string of the molecule is C1=CCCC1.C=C(CC)C(=O)OSC. The molecule has 80 valence electrons. The number of hydrogen-bond donors (Lipinski definition) is 0. The van der Waals surface area contributed by atoms with Gasteiger partial charge in [-0.2, -0.15) is 0 Å². The molecule has 0 amide bonds. The normalized spacial score (nSPS) is 13.0. The van der Waals surface area contributed by atoms with Crippen molar-refractivity contribution in [3.05, 3.63) is 24.3 Å². The summed E-state index contributed by atoms with van der Waals surface area (Å²) in [5.41, 5.74) is 0.518. The maximum absolute atomic E-state index is 10.6. The Kier molecular flexibility index (Phi) is 8.43. The molecule has 0 unspecified atom stereocenters. The Labute approximate surface area is 90.6 Å². The van der Waals surface area contributed by atoms with Crippen molar-refractivity contribution in [2.45, 2.75) is 32.6 Å². The molecule has 0 aromatic carbocycles. The molecule has 1 aliphatic carbocycles. The van der Waals surface area contributed by atoms with Crippen molar-refractivity contribution in [2.75, 3.05) is 6.26 Å². The minimum atomic E-state index is -0.315. The first-order valence-electron chi connectivity index (χ1n) is 4.80. The van der Waals surface area contributed by atoms with Crippen molar-refractivity contribution < 1.29 is 8.98 Å². The van der Waals surface area contributed by atoms with Crippen LogP contribution in [0.25, 0.3) is 0 Å². The van der Waals surface area contributed by atoms with Gasteiger partial charge in [-0.3, -0.25) is 0 Å². The molecule has 0 aromatic rings. The van der Waals surface area contributed by atoms with Crippen LogP contribution < -0.4 is 0 Å². The molecule has 0 aliphatic heterocycles. The van der Waals surface area contributed by atoms with Gasteiger partial charge in [-0.05, 0) is 25.7 Å². The van der Waals surface area contributed by atoms with Gasteiger partial charge in [0.15, 0.2) is 0 Å². The smallest absolute Gasteiger partial charge is 0.345 e. The van der Waals surface area contributed by atoms with E-state index < -0.39 is 0 Å². The Morgan fingerprint density at radius 3 is 2.36 bits per heavy atom. The zero-order chi connectivity index (χ0) is 10.8. The van der Waals surface area contributed by atoms with Gasteiger partial charge in [-0.15, -0.1) is 0 Å². The van der Waals surface area contributed by atoms with Gasteiger partial charge in [0, 0.05) is 11.8 Å². The average Bonchev–Trinajstić information content (AvgIpc) is 2.75. The van der Waals surface area contributed by atoms with E-state index in [0.717, 1.165) is 12.0 Å². The lowest BCUT2D eigenvalue weighted by Crippen LogP contribution is -2.00. The summed E-state index contributed by atoms with van der Waals surface area (Å²) < 4.78 is 4.57. The lowest BCUT2D eigenvalue weighted by Gasteiger charge is -1.97. The molecular weight excluding hydrogens is 196 g/mol. The van der Waals surface area contributed by atoms with Gasteiger partial charge in [0.1, 0.15) is 0 Å². The van der Waals surface area contributed by atoms with E-state index in [0.29, 0.717) is 12.0 Å². The summed E-state index contributed by atoms with van der Waals surface area (Å²) in [7, 11) is 0. The highest BCUT2D eigenvalue weighted by atomic mass is 32.2. The van der Waals surface area contributed by atoms with Crippen LogP contribution in [0.4, 0.5) is 0 Å².